The van der Waals surface area contributed by atoms with Crippen molar-refractivity contribution in [1.82, 2.24) is 5.32 Å². The molecule has 0 spiro atoms. The van der Waals surface area contributed by atoms with E-state index >= 15 is 0 Å². The lowest BCUT2D eigenvalue weighted by molar-refractivity contribution is -0.125. The zero-order valence-corrected chi connectivity index (χ0v) is 10.3. The first-order valence-corrected chi connectivity index (χ1v) is 6.20. The van der Waals surface area contributed by atoms with Crippen molar-refractivity contribution in [3.05, 3.63) is 35.4 Å². The van der Waals surface area contributed by atoms with Crippen molar-refractivity contribution in [3.63, 3.8) is 0 Å². The van der Waals surface area contributed by atoms with Gasteiger partial charge in [-0.25, -0.2) is 0 Å². The molecule has 0 atom stereocenters. The Kier molecular flexibility index (Phi) is 3.48. The summed E-state index contributed by atoms with van der Waals surface area (Å²) in [5.74, 6) is 0.132. The Hall–Kier alpha value is -1.35. The maximum Gasteiger partial charge on any atom is 0.227 e. The second kappa shape index (κ2) is 4.88. The van der Waals surface area contributed by atoms with Crippen molar-refractivity contribution < 1.29 is 4.79 Å². The Morgan fingerprint density at radius 1 is 1.47 bits per heavy atom. The van der Waals surface area contributed by atoms with Crippen LogP contribution in [0.5, 0.6) is 0 Å². The predicted octanol–water partition coefficient (Wildman–Crippen LogP) is 1.39. The van der Waals surface area contributed by atoms with Crippen LogP contribution >= 0.6 is 0 Å². The Morgan fingerprint density at radius 2 is 2.24 bits per heavy atom. The standard InChI is InChI=1S/C14H20N2O/c1-11-3-2-4-12(9-11)5-8-16-13(17)14(10-15)6-7-14/h2-4,9H,5-8,10,15H2,1H3,(H,16,17). The second-order valence-corrected chi connectivity index (χ2v) is 4.98. The fraction of sp³-hybridized carbons (Fsp3) is 0.500. The first-order chi connectivity index (χ1) is 8.16. The van der Waals surface area contributed by atoms with Crippen LogP contribution in [0.3, 0.4) is 0 Å². The van der Waals surface area contributed by atoms with E-state index in [1.807, 2.05) is 0 Å². The number of nitrogens with two attached hydrogens (primary N) is 1. The summed E-state index contributed by atoms with van der Waals surface area (Å²) in [5.41, 5.74) is 7.91. The number of carbonyl (C=O) groups is 1. The van der Waals surface area contributed by atoms with Crippen LogP contribution < -0.4 is 11.1 Å². The second-order valence-electron chi connectivity index (χ2n) is 4.98. The molecule has 1 aromatic rings. The highest BCUT2D eigenvalue weighted by molar-refractivity contribution is 5.85. The van der Waals surface area contributed by atoms with Gasteiger partial charge < -0.3 is 11.1 Å². The monoisotopic (exact) mass is 232 g/mol. The average Bonchev–Trinajstić information content (AvgIpc) is 3.10. The van der Waals surface area contributed by atoms with E-state index in [1.54, 1.807) is 0 Å². The minimum absolute atomic E-state index is 0.132. The van der Waals surface area contributed by atoms with Crippen molar-refractivity contribution in [2.75, 3.05) is 13.1 Å². The van der Waals surface area contributed by atoms with E-state index in [0.717, 1.165) is 19.3 Å². The van der Waals surface area contributed by atoms with Crippen molar-refractivity contribution in [3.8, 4) is 0 Å². The first-order valence-electron chi connectivity index (χ1n) is 6.20. The minimum Gasteiger partial charge on any atom is -0.355 e. The molecule has 3 heteroatoms. The molecule has 1 fully saturated rings. The molecule has 0 bridgehead atoms. The average molecular weight is 232 g/mol. The van der Waals surface area contributed by atoms with Crippen LogP contribution in [0.2, 0.25) is 0 Å². The van der Waals surface area contributed by atoms with Gasteiger partial charge in [-0.15, -0.1) is 0 Å². The van der Waals surface area contributed by atoms with E-state index in [1.165, 1.54) is 11.1 Å². The molecule has 2 rings (SSSR count). The predicted molar refractivity (Wildman–Crippen MR) is 68.6 cm³/mol. The maximum absolute atomic E-state index is 11.8. The molecule has 1 amide bonds. The van der Waals surface area contributed by atoms with E-state index in [-0.39, 0.29) is 11.3 Å². The summed E-state index contributed by atoms with van der Waals surface area (Å²) in [7, 11) is 0. The number of hydrogen-bond donors (Lipinski definition) is 2. The summed E-state index contributed by atoms with van der Waals surface area (Å²) >= 11 is 0. The molecular formula is C14H20N2O. The molecule has 17 heavy (non-hydrogen) atoms. The van der Waals surface area contributed by atoms with Crippen molar-refractivity contribution >= 4 is 5.91 Å². The normalized spacial score (nSPS) is 16.6. The van der Waals surface area contributed by atoms with Gasteiger partial charge in [0.2, 0.25) is 5.91 Å². The fourth-order valence-corrected chi connectivity index (χ4v) is 2.05. The molecule has 0 saturated heterocycles. The van der Waals surface area contributed by atoms with E-state index in [4.69, 9.17) is 5.73 Å². The van der Waals surface area contributed by atoms with Gasteiger partial charge in [0, 0.05) is 13.1 Å². The minimum atomic E-state index is -0.230. The largest absolute Gasteiger partial charge is 0.355 e. The molecule has 92 valence electrons. The lowest BCUT2D eigenvalue weighted by atomic mass is 10.1. The number of hydrogen-bond acceptors (Lipinski definition) is 2. The highest BCUT2D eigenvalue weighted by Gasteiger charge is 2.48. The molecule has 0 aliphatic heterocycles. The number of nitrogens with one attached hydrogen (secondary N) is 1. The molecule has 1 saturated carbocycles. The van der Waals surface area contributed by atoms with Gasteiger partial charge >= 0.3 is 0 Å². The zero-order chi connectivity index (χ0) is 12.3. The Bertz CT molecular complexity index is 410. The zero-order valence-electron chi connectivity index (χ0n) is 10.3. The quantitative estimate of drug-likeness (QED) is 0.806. The molecule has 1 aliphatic carbocycles. The summed E-state index contributed by atoms with van der Waals surface area (Å²) in [6.07, 6.45) is 2.77. The summed E-state index contributed by atoms with van der Waals surface area (Å²) in [5, 5.41) is 2.99. The smallest absolute Gasteiger partial charge is 0.227 e. The molecule has 3 nitrogen and oxygen atoms in total. The SMILES string of the molecule is Cc1cccc(CCNC(=O)C2(CN)CC2)c1. The van der Waals surface area contributed by atoms with Gasteiger partial charge in [-0.3, -0.25) is 4.79 Å². The van der Waals surface area contributed by atoms with Crippen LogP contribution in [0.15, 0.2) is 24.3 Å². The highest BCUT2D eigenvalue weighted by atomic mass is 16.2. The number of benzene rings is 1. The third kappa shape index (κ3) is 2.86. The van der Waals surface area contributed by atoms with E-state index in [2.05, 4.69) is 36.5 Å². The van der Waals surface area contributed by atoms with Gasteiger partial charge in [-0.05, 0) is 31.7 Å². The van der Waals surface area contributed by atoms with Gasteiger partial charge in [0.15, 0.2) is 0 Å². The Balaban J connectivity index is 1.78. The molecule has 1 aliphatic rings. The fourth-order valence-electron chi connectivity index (χ4n) is 2.05. The molecule has 3 N–H and O–H groups in total. The van der Waals surface area contributed by atoms with Crippen molar-refractivity contribution in [2.24, 2.45) is 11.1 Å². The van der Waals surface area contributed by atoms with Crippen LogP contribution in [-0.4, -0.2) is 19.0 Å². The molecule has 1 aromatic carbocycles. The van der Waals surface area contributed by atoms with Gasteiger partial charge in [-0.1, -0.05) is 29.8 Å². The first kappa shape index (κ1) is 12.1. The number of carbonyl (C=O) groups excluding carboxylic acids is 1. The number of aryl methyl sites for hydroxylation is 1. The van der Waals surface area contributed by atoms with Gasteiger partial charge in [0.05, 0.1) is 5.41 Å². The lowest BCUT2D eigenvalue weighted by Crippen LogP contribution is -2.37. The van der Waals surface area contributed by atoms with Crippen LogP contribution in [0, 0.1) is 12.3 Å². The lowest BCUT2D eigenvalue weighted by Gasteiger charge is -2.12. The van der Waals surface area contributed by atoms with Gasteiger partial charge in [-0.2, -0.15) is 0 Å². The molecule has 0 unspecified atom stereocenters. The highest BCUT2D eigenvalue weighted by Crippen LogP contribution is 2.44. The van der Waals surface area contributed by atoms with Crippen LogP contribution in [-0.2, 0) is 11.2 Å². The van der Waals surface area contributed by atoms with E-state index < -0.39 is 0 Å². The summed E-state index contributed by atoms with van der Waals surface area (Å²) in [6.45, 7) is 3.25. The van der Waals surface area contributed by atoms with E-state index in [0.29, 0.717) is 13.1 Å². The summed E-state index contributed by atoms with van der Waals surface area (Å²) in [6, 6.07) is 8.38. The maximum atomic E-state index is 11.8. The molecular weight excluding hydrogens is 212 g/mol. The summed E-state index contributed by atoms with van der Waals surface area (Å²) < 4.78 is 0. The number of amides is 1. The van der Waals surface area contributed by atoms with Crippen LogP contribution in [0.1, 0.15) is 24.0 Å². The topological polar surface area (TPSA) is 55.1 Å². The van der Waals surface area contributed by atoms with Crippen LogP contribution in [0.4, 0.5) is 0 Å². The third-order valence-electron chi connectivity index (χ3n) is 3.51. The Morgan fingerprint density at radius 3 is 2.82 bits per heavy atom. The van der Waals surface area contributed by atoms with E-state index in [9.17, 15) is 4.79 Å². The van der Waals surface area contributed by atoms with Gasteiger partial charge in [0.25, 0.3) is 0 Å². The molecule has 0 aromatic heterocycles. The third-order valence-corrected chi connectivity index (χ3v) is 3.51. The number of rotatable bonds is 5. The van der Waals surface area contributed by atoms with Gasteiger partial charge in [0.1, 0.15) is 0 Å². The Labute approximate surface area is 102 Å². The molecule has 0 heterocycles. The summed E-state index contributed by atoms with van der Waals surface area (Å²) in [4.78, 5) is 11.8. The van der Waals surface area contributed by atoms with Crippen LogP contribution in [0.25, 0.3) is 0 Å². The molecule has 0 radical (unpaired) electrons. The van der Waals surface area contributed by atoms with Crippen molar-refractivity contribution in [1.29, 1.82) is 0 Å². The van der Waals surface area contributed by atoms with Crippen molar-refractivity contribution in [2.45, 2.75) is 26.2 Å².